The number of rotatable bonds is 5. The Balaban J connectivity index is 1.44. The summed E-state index contributed by atoms with van der Waals surface area (Å²) in [7, 11) is 1.61. The van der Waals surface area contributed by atoms with Crippen molar-refractivity contribution in [2.75, 3.05) is 6.54 Å². The van der Waals surface area contributed by atoms with Gasteiger partial charge in [-0.1, -0.05) is 0 Å². The molecular formula is C21H21F4N5O. The van der Waals surface area contributed by atoms with Gasteiger partial charge in [0.2, 0.25) is 0 Å². The molecule has 3 aromatic rings. The Morgan fingerprint density at radius 3 is 2.55 bits per heavy atom. The molecule has 1 aliphatic carbocycles. The molecule has 0 atom stereocenters. The molecule has 0 saturated carbocycles. The van der Waals surface area contributed by atoms with Gasteiger partial charge in [-0.2, -0.15) is 23.4 Å². The highest BCUT2D eigenvalue weighted by Gasteiger charge is 2.39. The molecule has 0 bridgehead atoms. The maximum Gasteiger partial charge on any atom is 0.435 e. The van der Waals surface area contributed by atoms with Crippen molar-refractivity contribution in [3.63, 3.8) is 0 Å². The summed E-state index contributed by atoms with van der Waals surface area (Å²) >= 11 is 0. The Kier molecular flexibility index (Phi) is 5.55. The van der Waals surface area contributed by atoms with Crippen molar-refractivity contribution in [2.24, 2.45) is 7.05 Å². The molecule has 31 heavy (non-hydrogen) atoms. The standard InChI is InChI=1S/C21H21F4N5O/c1-29-18(12-16(27-29)13-6-8-14(22)9-7-13)20(31)26-10-11-30-17-5-3-2-4-15(17)19(28-30)21(23,24)25/h6-9,12H,2-5,10-11H2,1H3,(H,26,31). The summed E-state index contributed by atoms with van der Waals surface area (Å²) in [4.78, 5) is 12.6. The summed E-state index contributed by atoms with van der Waals surface area (Å²) in [5, 5.41) is 10.8. The summed E-state index contributed by atoms with van der Waals surface area (Å²) in [5.74, 6) is -0.771. The molecule has 2 heterocycles. The van der Waals surface area contributed by atoms with E-state index in [4.69, 9.17) is 0 Å². The van der Waals surface area contributed by atoms with Crippen LogP contribution in [0.5, 0.6) is 0 Å². The Morgan fingerprint density at radius 1 is 1.13 bits per heavy atom. The molecular weight excluding hydrogens is 414 g/mol. The maximum atomic E-state index is 13.3. The number of alkyl halides is 3. The van der Waals surface area contributed by atoms with Gasteiger partial charge in [-0.15, -0.1) is 0 Å². The van der Waals surface area contributed by atoms with E-state index in [0.29, 0.717) is 29.8 Å². The van der Waals surface area contributed by atoms with Gasteiger partial charge in [-0.3, -0.25) is 14.2 Å². The minimum Gasteiger partial charge on any atom is -0.349 e. The lowest BCUT2D eigenvalue weighted by molar-refractivity contribution is -0.142. The third kappa shape index (κ3) is 4.33. The fraction of sp³-hybridized carbons (Fsp3) is 0.381. The number of hydrogen-bond acceptors (Lipinski definition) is 3. The van der Waals surface area contributed by atoms with Gasteiger partial charge in [0.05, 0.1) is 12.2 Å². The quantitative estimate of drug-likeness (QED) is 0.621. The van der Waals surface area contributed by atoms with Crippen LogP contribution in [0.4, 0.5) is 17.6 Å². The van der Waals surface area contributed by atoms with E-state index < -0.39 is 17.8 Å². The number of carbonyl (C=O) groups is 1. The van der Waals surface area contributed by atoms with Crippen LogP contribution in [0.2, 0.25) is 0 Å². The number of aromatic nitrogens is 4. The molecule has 0 radical (unpaired) electrons. The highest BCUT2D eigenvalue weighted by Crippen LogP contribution is 2.35. The van der Waals surface area contributed by atoms with Crippen molar-refractivity contribution in [2.45, 2.75) is 38.4 Å². The first-order chi connectivity index (χ1) is 14.7. The molecule has 1 aromatic carbocycles. The van der Waals surface area contributed by atoms with Crippen molar-refractivity contribution in [1.82, 2.24) is 24.9 Å². The zero-order valence-corrected chi connectivity index (χ0v) is 16.8. The fourth-order valence-electron chi connectivity index (χ4n) is 3.89. The fourth-order valence-corrected chi connectivity index (χ4v) is 3.89. The van der Waals surface area contributed by atoms with Crippen LogP contribution >= 0.6 is 0 Å². The van der Waals surface area contributed by atoms with Gasteiger partial charge in [0.1, 0.15) is 11.5 Å². The molecule has 164 valence electrons. The largest absolute Gasteiger partial charge is 0.435 e. The summed E-state index contributed by atoms with van der Waals surface area (Å²) in [5.41, 5.74) is 1.54. The van der Waals surface area contributed by atoms with Crippen molar-refractivity contribution in [1.29, 1.82) is 0 Å². The number of benzene rings is 1. The molecule has 0 fully saturated rings. The van der Waals surface area contributed by atoms with Crippen molar-refractivity contribution < 1.29 is 22.4 Å². The minimum atomic E-state index is -4.48. The Morgan fingerprint density at radius 2 is 1.84 bits per heavy atom. The van der Waals surface area contributed by atoms with E-state index >= 15 is 0 Å². The van der Waals surface area contributed by atoms with Crippen LogP contribution in [0.3, 0.4) is 0 Å². The monoisotopic (exact) mass is 435 g/mol. The summed E-state index contributed by atoms with van der Waals surface area (Å²) in [6, 6.07) is 7.34. The lowest BCUT2D eigenvalue weighted by Gasteiger charge is -2.15. The van der Waals surface area contributed by atoms with Gasteiger partial charge in [0.25, 0.3) is 5.91 Å². The maximum absolute atomic E-state index is 13.3. The molecule has 0 spiro atoms. The van der Waals surface area contributed by atoms with Crippen molar-refractivity contribution in [3.8, 4) is 11.3 Å². The third-order valence-corrected chi connectivity index (χ3v) is 5.39. The minimum absolute atomic E-state index is 0.126. The second-order valence-electron chi connectivity index (χ2n) is 7.50. The molecule has 6 nitrogen and oxygen atoms in total. The van der Waals surface area contributed by atoms with E-state index in [2.05, 4.69) is 15.5 Å². The van der Waals surface area contributed by atoms with E-state index in [1.807, 2.05) is 0 Å². The molecule has 0 unspecified atom stereocenters. The van der Waals surface area contributed by atoms with E-state index in [-0.39, 0.29) is 30.2 Å². The first-order valence-electron chi connectivity index (χ1n) is 9.98. The number of fused-ring (bicyclic) bond motifs is 1. The van der Waals surface area contributed by atoms with Gasteiger partial charge >= 0.3 is 6.18 Å². The third-order valence-electron chi connectivity index (χ3n) is 5.39. The van der Waals surface area contributed by atoms with Gasteiger partial charge < -0.3 is 5.32 Å². The topological polar surface area (TPSA) is 64.7 Å². The lowest BCUT2D eigenvalue weighted by Crippen LogP contribution is -2.29. The van der Waals surface area contributed by atoms with Crippen LogP contribution < -0.4 is 5.32 Å². The number of hydrogen-bond donors (Lipinski definition) is 1. The van der Waals surface area contributed by atoms with Crippen LogP contribution in [0.25, 0.3) is 11.3 Å². The van der Waals surface area contributed by atoms with Crippen molar-refractivity contribution in [3.05, 3.63) is 58.8 Å². The molecule has 0 saturated heterocycles. The van der Waals surface area contributed by atoms with Crippen molar-refractivity contribution >= 4 is 5.91 Å². The second kappa shape index (κ2) is 8.16. The Bertz CT molecular complexity index is 1100. The summed E-state index contributed by atoms with van der Waals surface area (Å²) in [6.07, 6.45) is -2.02. The molecule has 1 aliphatic rings. The predicted octanol–water partition coefficient (Wildman–Crippen LogP) is 3.75. The molecule has 2 aromatic heterocycles. The van der Waals surface area contributed by atoms with Crippen LogP contribution in [0.15, 0.2) is 30.3 Å². The van der Waals surface area contributed by atoms with E-state index in [1.165, 1.54) is 21.5 Å². The highest BCUT2D eigenvalue weighted by molar-refractivity contribution is 5.93. The summed E-state index contributed by atoms with van der Waals surface area (Å²) in [6.45, 7) is 0.272. The SMILES string of the molecule is Cn1nc(-c2ccc(F)cc2)cc1C(=O)NCCn1nc(C(F)(F)F)c2c1CCCC2. The lowest BCUT2D eigenvalue weighted by atomic mass is 9.95. The van der Waals surface area contributed by atoms with Crippen LogP contribution in [-0.4, -0.2) is 32.0 Å². The Hall–Kier alpha value is -3.17. The number of nitrogens with zero attached hydrogens (tertiary/aromatic N) is 4. The average molecular weight is 435 g/mol. The van der Waals surface area contributed by atoms with E-state index in [1.54, 1.807) is 25.2 Å². The zero-order chi connectivity index (χ0) is 22.2. The number of aryl methyl sites for hydroxylation is 1. The molecule has 0 aliphatic heterocycles. The average Bonchev–Trinajstić information content (AvgIpc) is 3.30. The second-order valence-corrected chi connectivity index (χ2v) is 7.50. The van der Waals surface area contributed by atoms with Crippen LogP contribution in [-0.2, 0) is 32.6 Å². The first-order valence-corrected chi connectivity index (χ1v) is 9.98. The molecule has 4 rings (SSSR count). The highest BCUT2D eigenvalue weighted by atomic mass is 19.4. The zero-order valence-electron chi connectivity index (χ0n) is 16.8. The Labute approximate surface area is 175 Å². The van der Waals surface area contributed by atoms with Gasteiger partial charge in [0.15, 0.2) is 5.69 Å². The van der Waals surface area contributed by atoms with Crippen LogP contribution in [0, 0.1) is 5.82 Å². The number of amides is 1. The predicted molar refractivity (Wildman–Crippen MR) is 105 cm³/mol. The summed E-state index contributed by atoms with van der Waals surface area (Å²) < 4.78 is 55.8. The number of carbonyl (C=O) groups excluding carboxylic acids is 1. The number of halogens is 4. The molecule has 1 N–H and O–H groups in total. The van der Waals surface area contributed by atoms with Crippen LogP contribution in [0.1, 0.15) is 40.3 Å². The van der Waals surface area contributed by atoms with E-state index in [9.17, 15) is 22.4 Å². The van der Waals surface area contributed by atoms with Gasteiger partial charge in [-0.25, -0.2) is 4.39 Å². The number of nitrogens with one attached hydrogen (secondary N) is 1. The van der Waals surface area contributed by atoms with Gasteiger partial charge in [-0.05, 0) is 56.0 Å². The molecule has 10 heteroatoms. The smallest absolute Gasteiger partial charge is 0.349 e. The first kappa shape index (κ1) is 21.1. The van der Waals surface area contributed by atoms with Gasteiger partial charge in [0, 0.05) is 30.4 Å². The van der Waals surface area contributed by atoms with E-state index in [0.717, 1.165) is 12.8 Å². The normalized spacial score (nSPS) is 13.8. The molecule has 1 amide bonds.